The average Bonchev–Trinajstić information content (AvgIpc) is 2.59. The van der Waals surface area contributed by atoms with Crippen LogP contribution in [-0.4, -0.2) is 34.8 Å². The first kappa shape index (κ1) is 11.4. The van der Waals surface area contributed by atoms with Crippen molar-refractivity contribution < 1.29 is 0 Å². The van der Waals surface area contributed by atoms with Crippen LogP contribution in [0.15, 0.2) is 0 Å². The predicted molar refractivity (Wildman–Crippen MR) is 77.9 cm³/mol. The normalized spacial score (nSPS) is 51.2. The Morgan fingerprint density at radius 1 is 1.44 bits per heavy atom. The van der Waals surface area contributed by atoms with Crippen LogP contribution >= 0.6 is 24.0 Å². The van der Waals surface area contributed by atoms with E-state index < -0.39 is 0 Å². The fourth-order valence-electron chi connectivity index (χ4n) is 3.90. The van der Waals surface area contributed by atoms with Gasteiger partial charge in [0.15, 0.2) is 0 Å². The molecule has 0 amide bonds. The molecule has 3 rings (SSSR count). The molecule has 0 N–H and O–H groups in total. The molecule has 0 bridgehead atoms. The lowest BCUT2D eigenvalue weighted by Crippen LogP contribution is -2.34. The van der Waals surface area contributed by atoms with Crippen molar-refractivity contribution in [3.63, 3.8) is 0 Å². The van der Waals surface area contributed by atoms with Crippen molar-refractivity contribution in [2.24, 2.45) is 0 Å². The van der Waals surface area contributed by atoms with Gasteiger partial charge in [0.25, 0.3) is 0 Å². The van der Waals surface area contributed by atoms with Crippen molar-refractivity contribution in [3.8, 4) is 0 Å². The zero-order chi connectivity index (χ0) is 11.6. The summed E-state index contributed by atoms with van der Waals surface area (Å²) in [7, 11) is 3.64. The molecule has 16 heavy (non-hydrogen) atoms. The SMILES string of the molecule is CN1C(=S)S[C@H]2CC3(C)BC3(C)CCCC21. The van der Waals surface area contributed by atoms with Gasteiger partial charge in [-0.05, 0) is 12.8 Å². The first-order valence-corrected chi connectivity index (χ1v) is 7.67. The van der Waals surface area contributed by atoms with Crippen molar-refractivity contribution >= 4 is 35.6 Å². The first-order chi connectivity index (χ1) is 7.45. The lowest BCUT2D eigenvalue weighted by atomic mass is 9.82. The summed E-state index contributed by atoms with van der Waals surface area (Å²) in [6, 6.07) is 0.722. The molecule has 0 radical (unpaired) electrons. The van der Waals surface area contributed by atoms with Gasteiger partial charge in [-0.2, -0.15) is 0 Å². The Kier molecular flexibility index (Phi) is 2.43. The van der Waals surface area contributed by atoms with Crippen LogP contribution in [0.3, 0.4) is 0 Å². The zero-order valence-corrected chi connectivity index (χ0v) is 12.1. The Hall–Kier alpha value is 0.305. The third-order valence-electron chi connectivity index (χ3n) is 5.46. The highest BCUT2D eigenvalue weighted by Gasteiger charge is 2.63. The number of nitrogens with zero attached hydrogens (tertiary/aromatic N) is 1. The maximum absolute atomic E-state index is 5.45. The molecule has 0 spiro atoms. The van der Waals surface area contributed by atoms with Gasteiger partial charge in [-0.15, -0.1) is 0 Å². The second-order valence-electron chi connectivity index (χ2n) is 6.49. The van der Waals surface area contributed by atoms with E-state index in [4.69, 9.17) is 12.2 Å². The Bertz CT molecular complexity index is 348. The van der Waals surface area contributed by atoms with E-state index in [2.05, 4.69) is 25.8 Å². The van der Waals surface area contributed by atoms with Gasteiger partial charge in [0.1, 0.15) is 11.6 Å². The van der Waals surface area contributed by atoms with Crippen LogP contribution in [0.4, 0.5) is 0 Å². The van der Waals surface area contributed by atoms with Gasteiger partial charge in [-0.25, -0.2) is 0 Å². The molecule has 0 aromatic rings. The molecule has 88 valence electrons. The molecule has 3 aliphatic rings. The predicted octanol–water partition coefficient (Wildman–Crippen LogP) is 3.07. The fraction of sp³-hybridized carbons (Fsp3) is 0.917. The summed E-state index contributed by atoms with van der Waals surface area (Å²) in [4.78, 5) is 2.36. The Morgan fingerprint density at radius 3 is 2.94 bits per heavy atom. The number of thiocarbonyl (C=S) groups is 1. The number of rotatable bonds is 0. The summed E-state index contributed by atoms with van der Waals surface area (Å²) in [5.74, 6) is 0. The van der Waals surface area contributed by atoms with E-state index in [1.54, 1.807) is 0 Å². The van der Waals surface area contributed by atoms with Crippen LogP contribution < -0.4 is 0 Å². The quantitative estimate of drug-likeness (QED) is 0.482. The second kappa shape index (κ2) is 3.41. The lowest BCUT2D eigenvalue weighted by molar-refractivity contribution is 0.297. The number of fused-ring (bicyclic) bond motifs is 2. The molecule has 2 aliphatic heterocycles. The summed E-state index contributed by atoms with van der Waals surface area (Å²) in [5.41, 5.74) is 0. The van der Waals surface area contributed by atoms with E-state index in [1.165, 1.54) is 33.0 Å². The maximum atomic E-state index is 5.45. The monoisotopic (exact) mass is 253 g/mol. The topological polar surface area (TPSA) is 3.24 Å². The summed E-state index contributed by atoms with van der Waals surface area (Å²) in [6.45, 7) is 4.99. The first-order valence-electron chi connectivity index (χ1n) is 6.39. The minimum absolute atomic E-state index is 0.615. The highest BCUT2D eigenvalue weighted by atomic mass is 32.2. The fourth-order valence-corrected chi connectivity index (χ4v) is 5.90. The molecule has 2 heterocycles. The van der Waals surface area contributed by atoms with Crippen molar-refractivity contribution in [2.45, 2.75) is 61.5 Å². The lowest BCUT2D eigenvalue weighted by Gasteiger charge is -2.32. The molecule has 0 aromatic carbocycles. The molecular formula is C12H20BNS2. The van der Waals surface area contributed by atoms with Crippen LogP contribution in [0.1, 0.15) is 39.5 Å². The van der Waals surface area contributed by atoms with Gasteiger partial charge in [0.05, 0.1) is 0 Å². The van der Waals surface area contributed by atoms with Crippen LogP contribution in [0.5, 0.6) is 0 Å². The summed E-state index contributed by atoms with van der Waals surface area (Å²) in [5, 5.41) is 2.04. The van der Waals surface area contributed by atoms with Crippen molar-refractivity contribution in [3.05, 3.63) is 0 Å². The van der Waals surface area contributed by atoms with Crippen LogP contribution in [0.25, 0.3) is 0 Å². The number of hydrogen-bond donors (Lipinski definition) is 0. The molecule has 2 saturated heterocycles. The van der Waals surface area contributed by atoms with Gasteiger partial charge in [0, 0.05) is 18.3 Å². The van der Waals surface area contributed by atoms with Crippen molar-refractivity contribution in [1.29, 1.82) is 0 Å². The van der Waals surface area contributed by atoms with E-state index in [1.807, 2.05) is 11.8 Å². The molecule has 4 heteroatoms. The highest BCUT2D eigenvalue weighted by molar-refractivity contribution is 8.23. The van der Waals surface area contributed by atoms with E-state index >= 15 is 0 Å². The van der Waals surface area contributed by atoms with Gasteiger partial charge in [-0.1, -0.05) is 61.3 Å². The molecule has 1 aliphatic carbocycles. The second-order valence-corrected chi connectivity index (χ2v) is 8.37. The van der Waals surface area contributed by atoms with E-state index in [-0.39, 0.29) is 0 Å². The van der Waals surface area contributed by atoms with E-state index in [9.17, 15) is 0 Å². The van der Waals surface area contributed by atoms with Gasteiger partial charge in [0.2, 0.25) is 0 Å². The minimum Gasteiger partial charge on any atom is -0.356 e. The number of hydrogen-bond acceptors (Lipinski definition) is 2. The zero-order valence-electron chi connectivity index (χ0n) is 10.5. The smallest absolute Gasteiger partial charge is 0.136 e. The molecule has 0 aromatic heterocycles. The summed E-state index contributed by atoms with van der Waals surface area (Å²) < 4.78 is 1.13. The van der Waals surface area contributed by atoms with Crippen LogP contribution in [-0.2, 0) is 0 Å². The Labute approximate surface area is 109 Å². The highest BCUT2D eigenvalue weighted by Crippen LogP contribution is 2.74. The Morgan fingerprint density at radius 2 is 2.19 bits per heavy atom. The van der Waals surface area contributed by atoms with Gasteiger partial charge in [-0.3, -0.25) is 0 Å². The molecular weight excluding hydrogens is 233 g/mol. The van der Waals surface area contributed by atoms with Gasteiger partial charge < -0.3 is 4.90 Å². The Balaban J connectivity index is 1.83. The molecule has 1 nitrogen and oxygen atoms in total. The summed E-state index contributed by atoms with van der Waals surface area (Å²) >= 11 is 7.42. The van der Waals surface area contributed by atoms with Crippen LogP contribution in [0, 0.1) is 0 Å². The summed E-state index contributed by atoms with van der Waals surface area (Å²) in [6.07, 6.45) is 5.54. The van der Waals surface area contributed by atoms with Gasteiger partial charge >= 0.3 is 0 Å². The van der Waals surface area contributed by atoms with Crippen LogP contribution in [0.2, 0.25) is 10.6 Å². The molecule has 4 atom stereocenters. The largest absolute Gasteiger partial charge is 0.356 e. The average molecular weight is 253 g/mol. The number of thioether (sulfide) groups is 1. The van der Waals surface area contributed by atoms with Crippen molar-refractivity contribution in [1.82, 2.24) is 4.90 Å². The molecule has 3 fully saturated rings. The maximum Gasteiger partial charge on any atom is 0.136 e. The molecule has 3 unspecified atom stereocenters. The minimum atomic E-state index is 0.615. The standard InChI is InChI=1S/C12H20BNS2/c1-11-6-4-5-8-9(7-12(11,2)13-11)16-10(15)14(8)3/h8-9,13H,4-7H2,1-3H3/t8?,9-,11?,12?/m0/s1. The third kappa shape index (κ3) is 1.48. The van der Waals surface area contributed by atoms with E-state index in [0.717, 1.165) is 15.6 Å². The van der Waals surface area contributed by atoms with Crippen molar-refractivity contribution in [2.75, 3.05) is 7.05 Å². The molecule has 1 saturated carbocycles. The third-order valence-corrected chi connectivity index (χ3v) is 7.31. The van der Waals surface area contributed by atoms with E-state index in [0.29, 0.717) is 10.6 Å².